The number of nitrogens with zero attached hydrogens (tertiary/aromatic N) is 1. The minimum atomic E-state index is 0.0536. The molecule has 0 spiro atoms. The maximum Gasteiger partial charge on any atom is 0.131 e. The number of aliphatic hydroxyl groups excluding tert-OH is 1. The van der Waals surface area contributed by atoms with Crippen LogP contribution in [0.15, 0.2) is 73.3 Å². The summed E-state index contributed by atoms with van der Waals surface area (Å²) >= 11 is 6.02. The van der Waals surface area contributed by atoms with Crippen LogP contribution in [0.3, 0.4) is 0 Å². The van der Waals surface area contributed by atoms with E-state index in [2.05, 4.69) is 16.5 Å². The molecule has 0 atom stereocenters. The zero-order valence-electron chi connectivity index (χ0n) is 14.5. The first-order valence-electron chi connectivity index (χ1n) is 8.51. The van der Waals surface area contributed by atoms with Gasteiger partial charge in [-0.3, -0.25) is 0 Å². The summed E-state index contributed by atoms with van der Waals surface area (Å²) in [6.07, 6.45) is 3.89. The Balaban J connectivity index is 1.70. The largest absolute Gasteiger partial charge is 0.508 e. The maximum atomic E-state index is 9.85. The first kappa shape index (κ1) is 17.1. The van der Waals surface area contributed by atoms with Gasteiger partial charge in [0.15, 0.2) is 0 Å². The van der Waals surface area contributed by atoms with Crippen LogP contribution in [0.25, 0.3) is 40.1 Å². The topological polar surface area (TPSA) is 48.9 Å². The van der Waals surface area contributed by atoms with Crippen molar-refractivity contribution in [3.63, 3.8) is 0 Å². The Kier molecular flexibility index (Phi) is 4.53. The highest BCUT2D eigenvalue weighted by Crippen LogP contribution is 2.29. The van der Waals surface area contributed by atoms with Crippen molar-refractivity contribution in [3.05, 3.63) is 95.3 Å². The summed E-state index contributed by atoms with van der Waals surface area (Å²) in [5.41, 5.74) is 5.44. The van der Waals surface area contributed by atoms with Gasteiger partial charge in [0.05, 0.1) is 11.0 Å². The monoisotopic (exact) mass is 372 g/mol. The molecule has 4 aromatic rings. The van der Waals surface area contributed by atoms with Gasteiger partial charge in [0.2, 0.25) is 0 Å². The number of halogens is 1. The summed E-state index contributed by atoms with van der Waals surface area (Å²) in [7, 11) is 0. The molecule has 0 aliphatic rings. The molecule has 3 aromatic carbocycles. The summed E-state index contributed by atoms with van der Waals surface area (Å²) in [6.45, 7) is 3.65. The van der Waals surface area contributed by atoms with Gasteiger partial charge in [0, 0.05) is 10.6 Å². The van der Waals surface area contributed by atoms with E-state index >= 15 is 0 Å². The molecular weight excluding hydrogens is 356 g/mol. The number of aromatic nitrogens is 2. The Labute approximate surface area is 162 Å². The van der Waals surface area contributed by atoms with Crippen LogP contribution >= 0.6 is 11.6 Å². The predicted octanol–water partition coefficient (Wildman–Crippen LogP) is 6.58. The van der Waals surface area contributed by atoms with E-state index in [1.807, 2.05) is 78.9 Å². The van der Waals surface area contributed by atoms with E-state index in [-0.39, 0.29) is 5.76 Å². The average Bonchev–Trinajstić information content (AvgIpc) is 3.08. The quantitative estimate of drug-likeness (QED) is 0.397. The Morgan fingerprint density at radius 2 is 1.85 bits per heavy atom. The third kappa shape index (κ3) is 3.64. The summed E-state index contributed by atoms with van der Waals surface area (Å²) in [5, 5.41) is 10.6. The van der Waals surface area contributed by atoms with Crippen molar-refractivity contribution in [3.8, 4) is 11.1 Å². The summed E-state index contributed by atoms with van der Waals surface area (Å²) in [6, 6.07) is 21.3. The molecule has 3 nitrogen and oxygen atoms in total. The van der Waals surface area contributed by atoms with Gasteiger partial charge in [0.1, 0.15) is 11.6 Å². The first-order valence-corrected chi connectivity index (χ1v) is 8.89. The van der Waals surface area contributed by atoms with E-state index in [1.165, 1.54) is 0 Å². The molecule has 0 radical (unpaired) electrons. The van der Waals surface area contributed by atoms with Crippen LogP contribution in [0.2, 0.25) is 5.02 Å². The lowest BCUT2D eigenvalue weighted by Crippen LogP contribution is -1.87. The van der Waals surface area contributed by atoms with Gasteiger partial charge in [0.25, 0.3) is 0 Å². The van der Waals surface area contributed by atoms with Crippen molar-refractivity contribution < 1.29 is 5.11 Å². The fourth-order valence-corrected chi connectivity index (χ4v) is 3.24. The fourth-order valence-electron chi connectivity index (χ4n) is 3.04. The maximum absolute atomic E-state index is 9.85. The van der Waals surface area contributed by atoms with E-state index in [0.717, 1.165) is 33.5 Å². The summed E-state index contributed by atoms with van der Waals surface area (Å²) in [5.74, 6) is 0.819. The lowest BCUT2D eigenvalue weighted by Gasteiger charge is -2.08. The normalized spacial score (nSPS) is 11.3. The molecule has 0 bridgehead atoms. The number of hydrogen-bond acceptors (Lipinski definition) is 2. The highest BCUT2D eigenvalue weighted by Gasteiger charge is 2.09. The highest BCUT2D eigenvalue weighted by atomic mass is 35.5. The van der Waals surface area contributed by atoms with Gasteiger partial charge in [-0.05, 0) is 47.0 Å². The molecule has 4 rings (SSSR count). The van der Waals surface area contributed by atoms with E-state index in [1.54, 1.807) is 0 Å². The molecule has 0 fully saturated rings. The number of nitrogens with one attached hydrogen (secondary N) is 1. The Hall–Kier alpha value is -3.30. The molecule has 132 valence electrons. The SMILES string of the molecule is C=C(O)c1ccccc1-c1ccc2[nH]c(/C=C/c3cccc(Cl)c3)nc2c1. The molecule has 2 N–H and O–H groups in total. The van der Waals surface area contributed by atoms with Crippen LogP contribution in [0.4, 0.5) is 0 Å². The molecule has 1 aromatic heterocycles. The lowest BCUT2D eigenvalue weighted by atomic mass is 9.98. The standard InChI is InChI=1S/C23H17ClN2O/c1-15(27)19-7-2-3-8-20(19)17-10-11-21-22(14-17)26-23(25-21)12-9-16-5-4-6-18(24)13-16/h2-14,27H,1H2,(H,25,26)/b12-9+. The van der Waals surface area contributed by atoms with Gasteiger partial charge >= 0.3 is 0 Å². The van der Waals surface area contributed by atoms with Crippen LogP contribution in [-0.2, 0) is 0 Å². The molecule has 0 aliphatic heterocycles. The Morgan fingerprint density at radius 1 is 1.00 bits per heavy atom. The van der Waals surface area contributed by atoms with E-state index in [9.17, 15) is 5.11 Å². The van der Waals surface area contributed by atoms with Crippen LogP contribution in [0.5, 0.6) is 0 Å². The molecule has 0 aliphatic carbocycles. The number of benzene rings is 3. The van der Waals surface area contributed by atoms with E-state index in [0.29, 0.717) is 10.6 Å². The van der Waals surface area contributed by atoms with Crippen LogP contribution in [0, 0.1) is 0 Å². The summed E-state index contributed by atoms with van der Waals surface area (Å²) < 4.78 is 0. The zero-order chi connectivity index (χ0) is 18.8. The highest BCUT2D eigenvalue weighted by molar-refractivity contribution is 6.30. The number of rotatable bonds is 4. The number of imidazole rings is 1. The van der Waals surface area contributed by atoms with Gasteiger partial charge in [-0.1, -0.05) is 66.7 Å². The molecule has 0 unspecified atom stereocenters. The van der Waals surface area contributed by atoms with Crippen molar-refractivity contribution in [2.45, 2.75) is 0 Å². The van der Waals surface area contributed by atoms with Crippen LogP contribution in [-0.4, -0.2) is 15.1 Å². The minimum absolute atomic E-state index is 0.0536. The van der Waals surface area contributed by atoms with Gasteiger partial charge in [-0.25, -0.2) is 4.98 Å². The lowest BCUT2D eigenvalue weighted by molar-refractivity contribution is 0.514. The average molecular weight is 373 g/mol. The molecule has 0 saturated carbocycles. The third-order valence-electron chi connectivity index (χ3n) is 4.33. The van der Waals surface area contributed by atoms with Crippen molar-refractivity contribution in [2.75, 3.05) is 0 Å². The molecule has 0 saturated heterocycles. The second-order valence-electron chi connectivity index (χ2n) is 6.23. The third-order valence-corrected chi connectivity index (χ3v) is 4.57. The van der Waals surface area contributed by atoms with Crippen LogP contribution in [0.1, 0.15) is 17.0 Å². The molecule has 1 heterocycles. The summed E-state index contributed by atoms with van der Waals surface area (Å²) in [4.78, 5) is 7.95. The van der Waals surface area contributed by atoms with Crippen molar-refractivity contribution >= 4 is 40.5 Å². The second kappa shape index (κ2) is 7.14. The molecular formula is C23H17ClN2O. The molecule has 27 heavy (non-hydrogen) atoms. The number of fused-ring (bicyclic) bond motifs is 1. The predicted molar refractivity (Wildman–Crippen MR) is 114 cm³/mol. The van der Waals surface area contributed by atoms with Crippen molar-refractivity contribution in [1.29, 1.82) is 0 Å². The zero-order valence-corrected chi connectivity index (χ0v) is 15.2. The first-order chi connectivity index (χ1) is 13.1. The van der Waals surface area contributed by atoms with Crippen molar-refractivity contribution in [2.24, 2.45) is 0 Å². The van der Waals surface area contributed by atoms with Gasteiger partial charge in [-0.15, -0.1) is 0 Å². The molecule has 0 amide bonds. The van der Waals surface area contributed by atoms with Gasteiger partial charge in [-0.2, -0.15) is 0 Å². The smallest absolute Gasteiger partial charge is 0.131 e. The Morgan fingerprint density at radius 3 is 2.67 bits per heavy atom. The molecule has 4 heteroatoms. The van der Waals surface area contributed by atoms with Gasteiger partial charge < -0.3 is 10.1 Å². The number of aliphatic hydroxyl groups is 1. The van der Waals surface area contributed by atoms with Crippen molar-refractivity contribution in [1.82, 2.24) is 9.97 Å². The van der Waals surface area contributed by atoms with Crippen LogP contribution < -0.4 is 0 Å². The number of aromatic amines is 1. The van der Waals surface area contributed by atoms with E-state index in [4.69, 9.17) is 11.6 Å². The fraction of sp³-hybridized carbons (Fsp3) is 0. The Bertz CT molecular complexity index is 1170. The van der Waals surface area contributed by atoms with E-state index < -0.39 is 0 Å². The number of H-pyrrole nitrogens is 1. The number of hydrogen-bond donors (Lipinski definition) is 2. The second-order valence-corrected chi connectivity index (χ2v) is 6.67. The minimum Gasteiger partial charge on any atom is -0.508 e.